The van der Waals surface area contributed by atoms with Gasteiger partial charge in [0, 0.05) is 28.9 Å². The summed E-state index contributed by atoms with van der Waals surface area (Å²) in [5.41, 5.74) is 6.50. The predicted molar refractivity (Wildman–Crippen MR) is 86.5 cm³/mol. The first-order valence-corrected chi connectivity index (χ1v) is 9.06. The van der Waals surface area contributed by atoms with Crippen molar-refractivity contribution in [3.8, 4) is 0 Å². The first kappa shape index (κ1) is 17.3. The fourth-order valence-corrected chi connectivity index (χ4v) is 4.47. The summed E-state index contributed by atoms with van der Waals surface area (Å²) >= 11 is 1.46. The number of hydrogen-bond acceptors (Lipinski definition) is 5. The predicted octanol–water partition coefficient (Wildman–Crippen LogP) is 1.23. The third-order valence-corrected chi connectivity index (χ3v) is 5.40. The highest BCUT2D eigenvalue weighted by Gasteiger charge is 2.15. The lowest BCUT2D eigenvalue weighted by Crippen LogP contribution is -2.40. The van der Waals surface area contributed by atoms with Crippen molar-refractivity contribution < 1.29 is 8.42 Å². The zero-order valence-corrected chi connectivity index (χ0v) is 13.8. The second-order valence-electron chi connectivity index (χ2n) is 4.99. The molecule has 0 spiro atoms. The zero-order chi connectivity index (χ0) is 15.2. The lowest BCUT2D eigenvalue weighted by atomic mass is 10.3. The largest absolute Gasteiger partial charge is 0.398 e. The Morgan fingerprint density at radius 1 is 1.35 bits per heavy atom. The average molecular weight is 317 g/mol. The third kappa shape index (κ3) is 6.60. The van der Waals surface area contributed by atoms with Gasteiger partial charge in [-0.05, 0) is 33.2 Å². The Bertz CT molecular complexity index is 518. The fraction of sp³-hybridized carbons (Fsp3) is 0.538. The van der Waals surface area contributed by atoms with E-state index in [2.05, 4.69) is 4.72 Å². The number of nitrogens with one attached hydrogen (secondary N) is 1. The van der Waals surface area contributed by atoms with Crippen LogP contribution in [0.15, 0.2) is 29.2 Å². The van der Waals surface area contributed by atoms with Crippen LogP contribution < -0.4 is 10.5 Å². The molecule has 1 aromatic rings. The smallest absolute Gasteiger partial charge is 0.212 e. The Morgan fingerprint density at radius 3 is 2.60 bits per heavy atom. The molecule has 0 radical (unpaired) electrons. The van der Waals surface area contributed by atoms with Gasteiger partial charge in [0.15, 0.2) is 0 Å². The Balaban J connectivity index is 2.42. The van der Waals surface area contributed by atoms with Crippen LogP contribution in [0.2, 0.25) is 0 Å². The van der Waals surface area contributed by atoms with Gasteiger partial charge in [0.1, 0.15) is 0 Å². The molecule has 1 aromatic carbocycles. The van der Waals surface area contributed by atoms with Crippen LogP contribution in [-0.2, 0) is 10.0 Å². The maximum atomic E-state index is 11.9. The van der Waals surface area contributed by atoms with Crippen LogP contribution in [0, 0.1) is 0 Å². The highest BCUT2D eigenvalue weighted by Crippen LogP contribution is 2.24. The molecule has 0 aromatic heterocycles. The maximum Gasteiger partial charge on any atom is 0.212 e. The van der Waals surface area contributed by atoms with Crippen LogP contribution in [0.25, 0.3) is 0 Å². The number of nitrogen functional groups attached to an aromatic ring is 1. The Labute approximate surface area is 126 Å². The summed E-state index contributed by atoms with van der Waals surface area (Å²) in [7, 11) is 0.583. The van der Waals surface area contributed by atoms with Gasteiger partial charge >= 0.3 is 0 Å². The number of thioether (sulfide) groups is 1. The zero-order valence-electron chi connectivity index (χ0n) is 12.2. The second kappa shape index (κ2) is 7.87. The molecule has 0 heterocycles. The van der Waals surface area contributed by atoms with Crippen molar-refractivity contribution in [2.45, 2.75) is 17.9 Å². The average Bonchev–Trinajstić information content (AvgIpc) is 2.29. The minimum atomic E-state index is -3.25. The number of nitrogens with two attached hydrogens (primary N) is 1. The van der Waals surface area contributed by atoms with E-state index < -0.39 is 10.0 Å². The van der Waals surface area contributed by atoms with E-state index >= 15 is 0 Å². The summed E-state index contributed by atoms with van der Waals surface area (Å²) in [6, 6.07) is 7.37. The maximum absolute atomic E-state index is 11.9. The van der Waals surface area contributed by atoms with E-state index in [9.17, 15) is 8.42 Å². The Hall–Kier alpha value is -0.760. The molecule has 0 aliphatic heterocycles. The molecular weight excluding hydrogens is 294 g/mol. The molecule has 5 nitrogen and oxygen atoms in total. The van der Waals surface area contributed by atoms with Crippen molar-refractivity contribution in [3.05, 3.63) is 24.3 Å². The van der Waals surface area contributed by atoms with Crippen molar-refractivity contribution in [1.29, 1.82) is 0 Å². The van der Waals surface area contributed by atoms with Crippen LogP contribution >= 0.6 is 11.8 Å². The molecular formula is C13H23N3O2S2. The summed E-state index contributed by atoms with van der Waals surface area (Å²) in [6.45, 7) is 2.54. The van der Waals surface area contributed by atoms with Crippen LogP contribution in [0.4, 0.5) is 5.69 Å². The van der Waals surface area contributed by atoms with E-state index in [0.717, 1.165) is 4.90 Å². The van der Waals surface area contributed by atoms with E-state index in [-0.39, 0.29) is 11.8 Å². The first-order valence-electron chi connectivity index (χ1n) is 6.42. The summed E-state index contributed by atoms with van der Waals surface area (Å²) in [4.78, 5) is 2.87. The van der Waals surface area contributed by atoms with E-state index in [1.54, 1.807) is 0 Å². The lowest BCUT2D eigenvalue weighted by Gasteiger charge is -2.18. The topological polar surface area (TPSA) is 75.4 Å². The Kier molecular flexibility index (Phi) is 6.81. The van der Waals surface area contributed by atoms with Crippen LogP contribution in [0.1, 0.15) is 6.92 Å². The number of nitrogens with zero attached hydrogens (tertiary/aromatic N) is 1. The standard InChI is InChI=1S/C13H23N3O2S2/c1-11(10-16(2)3)15-20(17,18)9-8-19-13-7-5-4-6-12(13)14/h4-7,11,15H,8-10,14H2,1-3H3. The number of anilines is 1. The van der Waals surface area contributed by atoms with Gasteiger partial charge < -0.3 is 10.6 Å². The molecule has 114 valence electrons. The van der Waals surface area contributed by atoms with E-state index in [1.165, 1.54) is 11.8 Å². The van der Waals surface area contributed by atoms with Gasteiger partial charge in [-0.2, -0.15) is 0 Å². The van der Waals surface area contributed by atoms with Crippen molar-refractivity contribution in [3.63, 3.8) is 0 Å². The highest BCUT2D eigenvalue weighted by atomic mass is 32.2. The van der Waals surface area contributed by atoms with Crippen molar-refractivity contribution >= 4 is 27.5 Å². The fourth-order valence-electron chi connectivity index (χ4n) is 1.82. The van der Waals surface area contributed by atoms with Gasteiger partial charge in [-0.3, -0.25) is 0 Å². The minimum absolute atomic E-state index is 0.0871. The molecule has 7 heteroatoms. The summed E-state index contributed by atoms with van der Waals surface area (Å²) in [5.74, 6) is 0.571. The van der Waals surface area contributed by atoms with E-state index in [1.807, 2.05) is 50.2 Å². The number of rotatable bonds is 8. The molecule has 1 atom stereocenters. The second-order valence-corrected chi connectivity index (χ2v) is 8.00. The normalized spacial score (nSPS) is 13.6. The first-order chi connectivity index (χ1) is 9.30. The SMILES string of the molecule is CC(CN(C)C)NS(=O)(=O)CCSc1ccccc1N. The van der Waals surface area contributed by atoms with E-state index in [4.69, 9.17) is 5.73 Å². The van der Waals surface area contributed by atoms with Gasteiger partial charge in [0.2, 0.25) is 10.0 Å². The number of para-hydroxylation sites is 1. The van der Waals surface area contributed by atoms with Crippen molar-refractivity contribution in [2.75, 3.05) is 37.9 Å². The molecule has 0 aliphatic rings. The third-order valence-electron chi connectivity index (χ3n) is 2.55. The van der Waals surface area contributed by atoms with Gasteiger partial charge in [-0.15, -0.1) is 11.8 Å². The number of likely N-dealkylation sites (N-methyl/N-ethyl adjacent to an activating group) is 1. The van der Waals surface area contributed by atoms with Crippen LogP contribution in [0.3, 0.4) is 0 Å². The summed E-state index contributed by atoms with van der Waals surface area (Å²) < 4.78 is 26.5. The van der Waals surface area contributed by atoms with Crippen LogP contribution in [-0.4, -0.2) is 51.5 Å². The summed E-state index contributed by atoms with van der Waals surface area (Å²) in [5, 5.41) is 0. The van der Waals surface area contributed by atoms with Gasteiger partial charge in [-0.25, -0.2) is 13.1 Å². The monoisotopic (exact) mass is 317 g/mol. The number of hydrogen-bond donors (Lipinski definition) is 2. The lowest BCUT2D eigenvalue weighted by molar-refractivity contribution is 0.370. The molecule has 3 N–H and O–H groups in total. The Morgan fingerprint density at radius 2 is 2.00 bits per heavy atom. The minimum Gasteiger partial charge on any atom is -0.398 e. The number of benzene rings is 1. The van der Waals surface area contributed by atoms with Crippen molar-refractivity contribution in [1.82, 2.24) is 9.62 Å². The molecule has 0 saturated carbocycles. The van der Waals surface area contributed by atoms with Gasteiger partial charge in [0.05, 0.1) is 5.75 Å². The van der Waals surface area contributed by atoms with E-state index in [0.29, 0.717) is 18.0 Å². The van der Waals surface area contributed by atoms with Crippen LogP contribution in [0.5, 0.6) is 0 Å². The molecule has 0 amide bonds. The molecule has 0 bridgehead atoms. The molecule has 1 rings (SSSR count). The molecule has 20 heavy (non-hydrogen) atoms. The molecule has 0 saturated heterocycles. The number of sulfonamides is 1. The van der Waals surface area contributed by atoms with Gasteiger partial charge in [0.25, 0.3) is 0 Å². The molecule has 0 fully saturated rings. The molecule has 0 aliphatic carbocycles. The highest BCUT2D eigenvalue weighted by molar-refractivity contribution is 8.00. The molecule has 1 unspecified atom stereocenters. The summed E-state index contributed by atoms with van der Waals surface area (Å²) in [6.07, 6.45) is 0. The van der Waals surface area contributed by atoms with Gasteiger partial charge in [-0.1, -0.05) is 12.1 Å². The quantitative estimate of drug-likeness (QED) is 0.557. The van der Waals surface area contributed by atoms with Crippen molar-refractivity contribution in [2.24, 2.45) is 0 Å².